The molecule has 0 saturated heterocycles. The first-order valence-electron chi connectivity index (χ1n) is 6.92. The average molecular weight is 378 g/mol. The highest BCUT2D eigenvalue weighted by atomic mass is 35.5. The van der Waals surface area contributed by atoms with Crippen LogP contribution in [0.5, 0.6) is 0 Å². The largest absolute Gasteiger partial charge is 0.308 e. The standard InChI is InChI=1S/C16H15ClF3NO2S/c1-21(2)9-14(15-12(18)7-8-13(19)16(15)20)24(22,23)11-5-3-10(17)4-6-11/h3-8,14H,9H2,1-2H3. The van der Waals surface area contributed by atoms with Crippen LogP contribution < -0.4 is 0 Å². The molecule has 0 amide bonds. The minimum absolute atomic E-state index is 0.151. The fourth-order valence-electron chi connectivity index (χ4n) is 2.30. The number of nitrogens with zero attached hydrogens (tertiary/aromatic N) is 1. The van der Waals surface area contributed by atoms with Gasteiger partial charge in [0.25, 0.3) is 0 Å². The highest BCUT2D eigenvalue weighted by molar-refractivity contribution is 7.91. The van der Waals surface area contributed by atoms with Crippen molar-refractivity contribution in [1.82, 2.24) is 4.90 Å². The van der Waals surface area contributed by atoms with E-state index in [0.29, 0.717) is 17.2 Å². The Morgan fingerprint density at radius 3 is 2.08 bits per heavy atom. The van der Waals surface area contributed by atoms with Crippen LogP contribution in [0.4, 0.5) is 13.2 Å². The molecule has 0 N–H and O–H groups in total. The minimum atomic E-state index is -4.17. The van der Waals surface area contributed by atoms with Crippen LogP contribution in [0.3, 0.4) is 0 Å². The van der Waals surface area contributed by atoms with Gasteiger partial charge in [-0.1, -0.05) is 11.6 Å². The van der Waals surface area contributed by atoms with Crippen LogP contribution in [0.2, 0.25) is 5.02 Å². The van der Waals surface area contributed by atoms with E-state index in [9.17, 15) is 21.6 Å². The zero-order chi connectivity index (χ0) is 18.1. The first-order chi connectivity index (χ1) is 11.1. The molecule has 24 heavy (non-hydrogen) atoms. The third-order valence-electron chi connectivity index (χ3n) is 3.45. The molecule has 0 radical (unpaired) electrons. The van der Waals surface area contributed by atoms with Gasteiger partial charge in [-0.15, -0.1) is 0 Å². The van der Waals surface area contributed by atoms with Gasteiger partial charge in [0.2, 0.25) is 0 Å². The van der Waals surface area contributed by atoms with Gasteiger partial charge in [0.05, 0.1) is 4.90 Å². The van der Waals surface area contributed by atoms with E-state index in [1.54, 1.807) is 14.1 Å². The predicted octanol–water partition coefficient (Wildman–Crippen LogP) is 3.83. The number of hydrogen-bond acceptors (Lipinski definition) is 3. The molecule has 1 atom stereocenters. The highest BCUT2D eigenvalue weighted by Crippen LogP contribution is 2.34. The summed E-state index contributed by atoms with van der Waals surface area (Å²) < 4.78 is 67.6. The van der Waals surface area contributed by atoms with Crippen LogP contribution in [-0.4, -0.2) is 34.0 Å². The van der Waals surface area contributed by atoms with Crippen LogP contribution in [0.15, 0.2) is 41.3 Å². The second-order valence-corrected chi connectivity index (χ2v) is 8.07. The van der Waals surface area contributed by atoms with Crippen molar-refractivity contribution >= 4 is 21.4 Å². The van der Waals surface area contributed by atoms with Crippen molar-refractivity contribution in [2.45, 2.75) is 10.1 Å². The Kier molecular flexibility index (Phi) is 5.57. The summed E-state index contributed by atoms with van der Waals surface area (Å²) in [5.74, 6) is -3.92. The Bertz CT molecular complexity index is 839. The summed E-state index contributed by atoms with van der Waals surface area (Å²) in [5.41, 5.74) is -0.807. The molecule has 0 aliphatic carbocycles. The molecule has 0 spiro atoms. The van der Waals surface area contributed by atoms with Crippen LogP contribution in [0.1, 0.15) is 10.8 Å². The molecule has 0 aliphatic rings. The van der Waals surface area contributed by atoms with Gasteiger partial charge >= 0.3 is 0 Å². The van der Waals surface area contributed by atoms with Crippen LogP contribution in [0.25, 0.3) is 0 Å². The maximum absolute atomic E-state index is 14.2. The monoisotopic (exact) mass is 377 g/mol. The smallest absolute Gasteiger partial charge is 0.186 e. The van der Waals surface area contributed by atoms with Gasteiger partial charge in [-0.3, -0.25) is 0 Å². The van der Waals surface area contributed by atoms with Gasteiger partial charge in [0, 0.05) is 17.1 Å². The molecule has 0 bridgehead atoms. The van der Waals surface area contributed by atoms with Crippen molar-refractivity contribution in [2.24, 2.45) is 0 Å². The fourth-order valence-corrected chi connectivity index (χ4v) is 4.29. The topological polar surface area (TPSA) is 37.4 Å². The second kappa shape index (κ2) is 7.13. The van der Waals surface area contributed by atoms with E-state index < -0.39 is 38.1 Å². The predicted molar refractivity (Wildman–Crippen MR) is 86.2 cm³/mol. The van der Waals surface area contributed by atoms with E-state index in [-0.39, 0.29) is 11.4 Å². The van der Waals surface area contributed by atoms with Crippen molar-refractivity contribution < 1.29 is 21.6 Å². The lowest BCUT2D eigenvalue weighted by molar-refractivity contribution is 0.387. The summed E-state index contributed by atoms with van der Waals surface area (Å²) in [5, 5.41) is -1.29. The molecule has 0 fully saturated rings. The molecule has 2 rings (SSSR count). The SMILES string of the molecule is CN(C)CC(c1c(F)ccc(F)c1F)S(=O)(=O)c1ccc(Cl)cc1. The summed E-state index contributed by atoms with van der Waals surface area (Å²) in [6.45, 7) is -0.220. The fraction of sp³-hybridized carbons (Fsp3) is 0.250. The summed E-state index contributed by atoms with van der Waals surface area (Å²) in [6, 6.07) is 6.55. The molecule has 0 aromatic heterocycles. The molecule has 1 unspecified atom stereocenters. The van der Waals surface area contributed by atoms with Crippen molar-refractivity contribution in [3.05, 3.63) is 64.4 Å². The Balaban J connectivity index is 2.66. The summed E-state index contributed by atoms with van der Waals surface area (Å²) >= 11 is 5.74. The van der Waals surface area contributed by atoms with Gasteiger partial charge in [-0.2, -0.15) is 0 Å². The molecule has 3 nitrogen and oxygen atoms in total. The van der Waals surface area contributed by atoms with Crippen molar-refractivity contribution in [2.75, 3.05) is 20.6 Å². The van der Waals surface area contributed by atoms with Gasteiger partial charge in [-0.25, -0.2) is 21.6 Å². The van der Waals surface area contributed by atoms with Gasteiger partial charge in [0.1, 0.15) is 11.1 Å². The molecule has 2 aromatic carbocycles. The lowest BCUT2D eigenvalue weighted by Crippen LogP contribution is -2.28. The molecule has 2 aromatic rings. The molecule has 0 saturated carbocycles. The van der Waals surface area contributed by atoms with Crippen LogP contribution in [-0.2, 0) is 9.84 Å². The zero-order valence-electron chi connectivity index (χ0n) is 12.9. The van der Waals surface area contributed by atoms with E-state index in [2.05, 4.69) is 0 Å². The second-order valence-electron chi connectivity index (χ2n) is 5.51. The maximum Gasteiger partial charge on any atom is 0.186 e. The van der Waals surface area contributed by atoms with Crippen LogP contribution >= 0.6 is 11.6 Å². The Hall–Kier alpha value is -1.57. The first-order valence-corrected chi connectivity index (χ1v) is 8.84. The Morgan fingerprint density at radius 2 is 1.54 bits per heavy atom. The lowest BCUT2D eigenvalue weighted by Gasteiger charge is -2.23. The number of likely N-dealkylation sites (N-methyl/N-ethyl adjacent to an activating group) is 1. The number of benzene rings is 2. The molecular formula is C16H15ClF3NO2S. The third-order valence-corrected chi connectivity index (χ3v) is 5.76. The zero-order valence-corrected chi connectivity index (χ0v) is 14.5. The maximum atomic E-state index is 14.2. The lowest BCUT2D eigenvalue weighted by atomic mass is 10.1. The Labute approximate surface area is 143 Å². The van der Waals surface area contributed by atoms with E-state index in [4.69, 9.17) is 11.6 Å². The van der Waals surface area contributed by atoms with Crippen molar-refractivity contribution in [3.8, 4) is 0 Å². The molecule has 8 heteroatoms. The number of rotatable bonds is 5. The number of sulfone groups is 1. The van der Waals surface area contributed by atoms with Gasteiger partial charge in [-0.05, 0) is 50.5 Å². The van der Waals surface area contributed by atoms with E-state index >= 15 is 0 Å². The number of halogens is 4. The number of hydrogen-bond donors (Lipinski definition) is 0. The molecule has 0 aliphatic heterocycles. The van der Waals surface area contributed by atoms with Gasteiger partial charge < -0.3 is 4.90 Å². The first kappa shape index (κ1) is 18.8. The van der Waals surface area contributed by atoms with Crippen molar-refractivity contribution in [3.63, 3.8) is 0 Å². The van der Waals surface area contributed by atoms with E-state index in [0.717, 1.165) is 0 Å². The van der Waals surface area contributed by atoms with Crippen LogP contribution in [0, 0.1) is 17.5 Å². The van der Waals surface area contributed by atoms with E-state index in [1.165, 1.54) is 29.2 Å². The van der Waals surface area contributed by atoms with Gasteiger partial charge in [0.15, 0.2) is 21.5 Å². The molecular weight excluding hydrogens is 363 g/mol. The van der Waals surface area contributed by atoms with Crippen molar-refractivity contribution in [1.29, 1.82) is 0 Å². The average Bonchev–Trinajstić information content (AvgIpc) is 2.50. The summed E-state index contributed by atoms with van der Waals surface area (Å²) in [7, 11) is -1.06. The van der Waals surface area contributed by atoms with E-state index in [1.807, 2.05) is 0 Å². The highest BCUT2D eigenvalue weighted by Gasteiger charge is 2.35. The Morgan fingerprint density at radius 1 is 1.00 bits per heavy atom. The third kappa shape index (κ3) is 3.74. The minimum Gasteiger partial charge on any atom is -0.308 e. The normalized spacial score (nSPS) is 13.3. The molecule has 0 heterocycles. The quantitative estimate of drug-likeness (QED) is 0.743. The summed E-state index contributed by atoms with van der Waals surface area (Å²) in [4.78, 5) is 1.31. The summed E-state index contributed by atoms with van der Waals surface area (Å²) in [6.07, 6.45) is 0. The molecule has 130 valence electrons.